The fraction of sp³-hybridized carbons (Fsp3) is 0.120. The van der Waals surface area contributed by atoms with Crippen LogP contribution in [0, 0.1) is 12.7 Å². The zero-order valence-electron chi connectivity index (χ0n) is 17.4. The van der Waals surface area contributed by atoms with Crippen molar-refractivity contribution in [3.8, 4) is 17.2 Å². The number of hydrogen-bond acceptors (Lipinski definition) is 4. The molecule has 0 aliphatic heterocycles. The summed E-state index contributed by atoms with van der Waals surface area (Å²) in [6.07, 6.45) is 3.50. The molecule has 0 amide bonds. The van der Waals surface area contributed by atoms with Crippen molar-refractivity contribution in [1.29, 1.82) is 0 Å². The van der Waals surface area contributed by atoms with Crippen LogP contribution in [0.25, 0.3) is 28.7 Å². The summed E-state index contributed by atoms with van der Waals surface area (Å²) >= 11 is 0. The predicted octanol–water partition coefficient (Wildman–Crippen LogP) is 5.02. The minimum absolute atomic E-state index is 0.272. The molecular formula is C25H21FN2O3. The van der Waals surface area contributed by atoms with Crippen molar-refractivity contribution in [2.24, 2.45) is 0 Å². The number of nitrogens with zero attached hydrogens (tertiary/aromatic N) is 2. The highest BCUT2D eigenvalue weighted by Gasteiger charge is 2.13. The minimum atomic E-state index is -0.387. The minimum Gasteiger partial charge on any atom is -0.493 e. The average Bonchev–Trinajstić information content (AvgIpc) is 2.79. The van der Waals surface area contributed by atoms with Crippen molar-refractivity contribution in [2.75, 3.05) is 14.2 Å². The Morgan fingerprint density at radius 1 is 0.968 bits per heavy atom. The lowest BCUT2D eigenvalue weighted by molar-refractivity contribution is 0.354. The fourth-order valence-electron chi connectivity index (χ4n) is 3.44. The Hall–Kier alpha value is -3.93. The summed E-state index contributed by atoms with van der Waals surface area (Å²) in [6, 6.07) is 17.3. The lowest BCUT2D eigenvalue weighted by Gasteiger charge is -2.13. The number of benzene rings is 3. The number of fused-ring (bicyclic) bond motifs is 1. The maximum absolute atomic E-state index is 14.3. The van der Waals surface area contributed by atoms with E-state index in [0.29, 0.717) is 39.5 Å². The van der Waals surface area contributed by atoms with E-state index in [1.54, 1.807) is 69.7 Å². The highest BCUT2D eigenvalue weighted by atomic mass is 19.1. The molecule has 0 bridgehead atoms. The van der Waals surface area contributed by atoms with E-state index in [-0.39, 0.29) is 11.4 Å². The van der Waals surface area contributed by atoms with Crippen LogP contribution in [-0.4, -0.2) is 23.8 Å². The van der Waals surface area contributed by atoms with E-state index >= 15 is 0 Å². The Kier molecular flexibility index (Phi) is 5.54. The number of methoxy groups -OCH3 is 2. The second-order valence-corrected chi connectivity index (χ2v) is 6.98. The second-order valence-electron chi connectivity index (χ2n) is 6.98. The van der Waals surface area contributed by atoms with Crippen molar-refractivity contribution < 1.29 is 13.9 Å². The van der Waals surface area contributed by atoms with Crippen LogP contribution in [0.15, 0.2) is 65.5 Å². The Morgan fingerprint density at radius 3 is 2.52 bits per heavy atom. The van der Waals surface area contributed by atoms with Gasteiger partial charge in [0.15, 0.2) is 11.5 Å². The molecule has 0 radical (unpaired) electrons. The largest absolute Gasteiger partial charge is 0.493 e. The van der Waals surface area contributed by atoms with Crippen molar-refractivity contribution in [3.05, 3.63) is 93.8 Å². The summed E-state index contributed by atoms with van der Waals surface area (Å²) in [5.41, 5.74) is 1.96. The number of aryl methyl sites for hydroxylation is 1. The number of para-hydroxylation sites is 2. The lowest BCUT2D eigenvalue weighted by Crippen LogP contribution is -2.22. The van der Waals surface area contributed by atoms with E-state index in [0.717, 1.165) is 5.56 Å². The Morgan fingerprint density at radius 2 is 1.77 bits per heavy atom. The third kappa shape index (κ3) is 3.80. The second kappa shape index (κ2) is 8.44. The first-order chi connectivity index (χ1) is 15.0. The Bertz CT molecular complexity index is 1360. The maximum atomic E-state index is 14.3. The molecule has 6 heteroatoms. The van der Waals surface area contributed by atoms with Crippen molar-refractivity contribution in [1.82, 2.24) is 9.55 Å². The van der Waals surface area contributed by atoms with Gasteiger partial charge in [-0.05, 0) is 55.0 Å². The number of hydrogen-bond donors (Lipinski definition) is 0. The molecule has 4 aromatic rings. The van der Waals surface area contributed by atoms with Gasteiger partial charge < -0.3 is 9.47 Å². The van der Waals surface area contributed by atoms with Crippen LogP contribution in [-0.2, 0) is 0 Å². The van der Waals surface area contributed by atoms with Crippen molar-refractivity contribution >= 4 is 23.1 Å². The molecule has 1 heterocycles. The van der Waals surface area contributed by atoms with E-state index in [1.807, 2.05) is 18.2 Å². The highest BCUT2D eigenvalue weighted by molar-refractivity contribution is 5.80. The first-order valence-electron chi connectivity index (χ1n) is 9.71. The molecule has 0 aliphatic rings. The maximum Gasteiger partial charge on any atom is 0.266 e. The van der Waals surface area contributed by atoms with Crippen molar-refractivity contribution in [3.63, 3.8) is 0 Å². The van der Waals surface area contributed by atoms with E-state index in [2.05, 4.69) is 4.98 Å². The first-order valence-corrected chi connectivity index (χ1v) is 9.71. The molecule has 0 aliphatic carbocycles. The molecule has 0 spiro atoms. The van der Waals surface area contributed by atoms with Crippen LogP contribution in [0.3, 0.4) is 0 Å². The molecule has 156 valence electrons. The van der Waals surface area contributed by atoms with Crippen LogP contribution in [0.5, 0.6) is 11.5 Å². The van der Waals surface area contributed by atoms with Gasteiger partial charge in [-0.1, -0.05) is 30.3 Å². The van der Waals surface area contributed by atoms with E-state index < -0.39 is 0 Å². The number of aromatic nitrogens is 2. The summed E-state index contributed by atoms with van der Waals surface area (Å²) in [4.78, 5) is 18.0. The van der Waals surface area contributed by atoms with Gasteiger partial charge in [0, 0.05) is 5.56 Å². The standard InChI is InChI=1S/C25H21FN2O3/c1-16-11-13-18(15-20(16)26)28-23(27-21-9-5-4-8-19(21)25(28)29)14-12-17-7-6-10-22(30-2)24(17)31-3/h4-15H,1-3H3/b14-12+. The molecule has 0 fully saturated rings. The van der Waals surface area contributed by atoms with E-state index in [9.17, 15) is 9.18 Å². The molecule has 0 saturated heterocycles. The molecule has 31 heavy (non-hydrogen) atoms. The molecule has 4 rings (SSSR count). The summed E-state index contributed by atoms with van der Waals surface area (Å²) in [5.74, 6) is 1.14. The van der Waals surface area contributed by atoms with Gasteiger partial charge in [0.25, 0.3) is 5.56 Å². The monoisotopic (exact) mass is 416 g/mol. The SMILES string of the molecule is COc1cccc(/C=C/c2nc3ccccc3c(=O)n2-c2ccc(C)c(F)c2)c1OC. The van der Waals surface area contributed by atoms with Gasteiger partial charge in [-0.15, -0.1) is 0 Å². The molecule has 0 unspecified atom stereocenters. The molecule has 3 aromatic carbocycles. The van der Waals surface area contributed by atoms with E-state index in [1.165, 1.54) is 10.6 Å². The zero-order valence-corrected chi connectivity index (χ0v) is 17.4. The molecule has 5 nitrogen and oxygen atoms in total. The molecule has 0 saturated carbocycles. The third-order valence-corrected chi connectivity index (χ3v) is 5.06. The fourth-order valence-corrected chi connectivity index (χ4v) is 3.44. The topological polar surface area (TPSA) is 53.3 Å². The zero-order chi connectivity index (χ0) is 22.0. The molecule has 1 aromatic heterocycles. The van der Waals surface area contributed by atoms with Crippen LogP contribution in [0.1, 0.15) is 17.0 Å². The van der Waals surface area contributed by atoms with Gasteiger partial charge in [-0.3, -0.25) is 9.36 Å². The van der Waals surface area contributed by atoms with Gasteiger partial charge in [-0.25, -0.2) is 9.37 Å². The van der Waals surface area contributed by atoms with Gasteiger partial charge in [-0.2, -0.15) is 0 Å². The number of ether oxygens (including phenoxy) is 2. The summed E-state index contributed by atoms with van der Waals surface area (Å²) in [7, 11) is 3.13. The number of rotatable bonds is 5. The molecular weight excluding hydrogens is 395 g/mol. The van der Waals surface area contributed by atoms with Gasteiger partial charge in [0.05, 0.1) is 30.8 Å². The van der Waals surface area contributed by atoms with Crippen LogP contribution >= 0.6 is 0 Å². The van der Waals surface area contributed by atoms with Crippen molar-refractivity contribution in [2.45, 2.75) is 6.92 Å². The summed E-state index contributed by atoms with van der Waals surface area (Å²) in [5, 5.41) is 0.458. The predicted molar refractivity (Wildman–Crippen MR) is 121 cm³/mol. The van der Waals surface area contributed by atoms with Gasteiger partial charge in [0.1, 0.15) is 11.6 Å². The summed E-state index contributed by atoms with van der Waals surface area (Å²) < 4.78 is 26.5. The highest BCUT2D eigenvalue weighted by Crippen LogP contribution is 2.32. The molecule has 0 atom stereocenters. The van der Waals surface area contributed by atoms with Crippen LogP contribution in [0.2, 0.25) is 0 Å². The normalized spacial score (nSPS) is 11.2. The number of halogens is 1. The Balaban J connectivity index is 1.94. The Labute approximate surface area is 179 Å². The third-order valence-electron chi connectivity index (χ3n) is 5.06. The van der Waals surface area contributed by atoms with Gasteiger partial charge >= 0.3 is 0 Å². The quantitative estimate of drug-likeness (QED) is 0.458. The van der Waals surface area contributed by atoms with E-state index in [4.69, 9.17) is 9.47 Å². The summed E-state index contributed by atoms with van der Waals surface area (Å²) in [6.45, 7) is 1.68. The first kappa shape index (κ1) is 20.3. The van der Waals surface area contributed by atoms with Crippen LogP contribution in [0.4, 0.5) is 4.39 Å². The average molecular weight is 416 g/mol. The smallest absolute Gasteiger partial charge is 0.266 e. The van der Waals surface area contributed by atoms with Crippen LogP contribution < -0.4 is 15.0 Å². The molecule has 0 N–H and O–H groups in total. The lowest BCUT2D eigenvalue weighted by atomic mass is 10.1. The van der Waals surface area contributed by atoms with Gasteiger partial charge in [0.2, 0.25) is 0 Å².